The number of pyridine rings is 1. The zero-order valence-corrected chi connectivity index (χ0v) is 27.9. The van der Waals surface area contributed by atoms with Crippen LogP contribution in [0.5, 0.6) is 5.88 Å². The van der Waals surface area contributed by atoms with E-state index in [2.05, 4.69) is 38.4 Å². The summed E-state index contributed by atoms with van der Waals surface area (Å²) in [5.74, 6) is 0.663. The Kier molecular flexibility index (Phi) is 8.72. The molecule has 12 heteroatoms. The van der Waals surface area contributed by atoms with Crippen LogP contribution in [0.1, 0.15) is 49.8 Å². The topological polar surface area (TPSA) is 147 Å². The highest BCUT2D eigenvalue weighted by Gasteiger charge is 2.51. The van der Waals surface area contributed by atoms with Gasteiger partial charge in [-0.1, -0.05) is 23.4 Å². The Morgan fingerprint density at radius 2 is 1.84 bits per heavy atom. The van der Waals surface area contributed by atoms with E-state index in [1.54, 1.807) is 35.3 Å². The number of carbonyl (C=O) groups is 2. The quantitative estimate of drug-likeness (QED) is 0.201. The largest absolute Gasteiger partial charge is 0.475 e. The summed E-state index contributed by atoms with van der Waals surface area (Å²) in [4.78, 5) is 37.5. The molecule has 7 rings (SSSR count). The molecule has 0 saturated carbocycles. The molecule has 2 saturated heterocycles. The Balaban J connectivity index is 0.955. The second kappa shape index (κ2) is 13.3. The zero-order chi connectivity index (χ0) is 34.1. The summed E-state index contributed by atoms with van der Waals surface area (Å²) >= 11 is 0. The predicted molar refractivity (Wildman–Crippen MR) is 188 cm³/mol. The van der Waals surface area contributed by atoms with Crippen molar-refractivity contribution in [2.45, 2.75) is 39.2 Å². The van der Waals surface area contributed by atoms with E-state index in [1.807, 2.05) is 54.1 Å². The lowest BCUT2D eigenvalue weighted by Gasteiger charge is -2.29. The maximum atomic E-state index is 14.0. The van der Waals surface area contributed by atoms with E-state index in [4.69, 9.17) is 15.9 Å². The molecule has 0 aliphatic carbocycles. The molecule has 3 aliphatic rings. The van der Waals surface area contributed by atoms with E-state index in [0.717, 1.165) is 36.2 Å². The van der Waals surface area contributed by atoms with Crippen molar-refractivity contribution in [3.05, 3.63) is 96.0 Å². The van der Waals surface area contributed by atoms with Crippen LogP contribution in [0.15, 0.2) is 79.3 Å². The molecule has 3 N–H and O–H groups in total. The Morgan fingerprint density at radius 3 is 2.53 bits per heavy atom. The van der Waals surface area contributed by atoms with Gasteiger partial charge in [0.25, 0.3) is 0 Å². The van der Waals surface area contributed by atoms with Crippen molar-refractivity contribution in [3.8, 4) is 11.6 Å². The minimum absolute atomic E-state index is 0.00230. The smallest absolute Gasteiger partial charge is 0.237 e. The third-order valence-electron chi connectivity index (χ3n) is 9.79. The number of nitrogen functional groups attached to an aromatic ring is 1. The molecular formula is C37H41N9O3. The van der Waals surface area contributed by atoms with Crippen LogP contribution in [0.4, 0.5) is 11.4 Å². The first-order valence-electron chi connectivity index (χ1n) is 16.8. The van der Waals surface area contributed by atoms with Crippen LogP contribution in [-0.4, -0.2) is 92.7 Å². The number of benzene rings is 2. The first-order valence-corrected chi connectivity index (χ1v) is 16.8. The van der Waals surface area contributed by atoms with Gasteiger partial charge >= 0.3 is 0 Å². The van der Waals surface area contributed by atoms with E-state index < -0.39 is 5.41 Å². The lowest BCUT2D eigenvalue weighted by Crippen LogP contribution is -2.43. The van der Waals surface area contributed by atoms with E-state index in [1.165, 1.54) is 5.57 Å². The molecular weight excluding hydrogens is 618 g/mol. The van der Waals surface area contributed by atoms with Gasteiger partial charge in [0.15, 0.2) is 0 Å². The number of amides is 2. The molecule has 2 aromatic heterocycles. The summed E-state index contributed by atoms with van der Waals surface area (Å²) in [5.41, 5.74) is 11.7. The van der Waals surface area contributed by atoms with Crippen molar-refractivity contribution in [2.24, 2.45) is 5.41 Å². The molecule has 2 aromatic carbocycles. The van der Waals surface area contributed by atoms with Crippen LogP contribution in [0.3, 0.4) is 0 Å². The van der Waals surface area contributed by atoms with E-state index in [0.29, 0.717) is 62.0 Å². The highest BCUT2D eigenvalue weighted by molar-refractivity contribution is 6.14. The Hall–Kier alpha value is -5.36. The van der Waals surface area contributed by atoms with Gasteiger partial charge in [0.05, 0.1) is 41.9 Å². The normalized spacial score (nSPS) is 19.6. The van der Waals surface area contributed by atoms with Gasteiger partial charge in [0.2, 0.25) is 17.7 Å². The fourth-order valence-electron chi connectivity index (χ4n) is 7.09. The fourth-order valence-corrected chi connectivity index (χ4v) is 7.09. The van der Waals surface area contributed by atoms with Gasteiger partial charge in [-0.3, -0.25) is 19.9 Å². The number of nitrogens with zero attached hydrogens (tertiary/aromatic N) is 7. The summed E-state index contributed by atoms with van der Waals surface area (Å²) in [7, 11) is 0. The molecule has 0 unspecified atom stereocenters. The highest BCUT2D eigenvalue weighted by atomic mass is 16.5. The molecule has 12 nitrogen and oxygen atoms in total. The van der Waals surface area contributed by atoms with Crippen molar-refractivity contribution < 1.29 is 14.3 Å². The average molecular weight is 660 g/mol. The number of hydrogen-bond donors (Lipinski definition) is 2. The van der Waals surface area contributed by atoms with E-state index >= 15 is 0 Å². The minimum Gasteiger partial charge on any atom is -0.475 e. The van der Waals surface area contributed by atoms with Crippen LogP contribution in [0.25, 0.3) is 11.3 Å². The molecule has 1 atom stereocenters. The van der Waals surface area contributed by atoms with Crippen molar-refractivity contribution in [1.29, 1.82) is 5.41 Å². The second-order valence-electron chi connectivity index (χ2n) is 13.4. The van der Waals surface area contributed by atoms with Crippen LogP contribution < -0.4 is 15.4 Å². The van der Waals surface area contributed by atoms with Crippen molar-refractivity contribution in [1.82, 2.24) is 29.8 Å². The molecule has 3 aliphatic heterocycles. The molecule has 2 amide bonds. The fraction of sp³-hybridized carbons (Fsp3) is 0.351. The lowest BCUT2D eigenvalue weighted by molar-refractivity contribution is -0.132. The third-order valence-corrected chi connectivity index (χ3v) is 9.79. The number of ether oxygens (including phenoxy) is 1. The second-order valence-corrected chi connectivity index (χ2v) is 13.4. The van der Waals surface area contributed by atoms with E-state index in [9.17, 15) is 9.59 Å². The molecule has 5 heterocycles. The Bertz CT molecular complexity index is 1890. The van der Waals surface area contributed by atoms with Crippen molar-refractivity contribution in [3.63, 3.8) is 0 Å². The maximum Gasteiger partial charge on any atom is 0.237 e. The monoisotopic (exact) mass is 659 g/mol. The number of rotatable bonds is 9. The van der Waals surface area contributed by atoms with Gasteiger partial charge < -0.3 is 20.3 Å². The number of nitrogens with one attached hydrogen (secondary N) is 1. The van der Waals surface area contributed by atoms with Crippen molar-refractivity contribution >= 4 is 34.5 Å². The first-order chi connectivity index (χ1) is 23.7. The number of anilines is 2. The maximum absolute atomic E-state index is 14.0. The summed E-state index contributed by atoms with van der Waals surface area (Å²) < 4.78 is 7.36. The van der Waals surface area contributed by atoms with Crippen LogP contribution in [0.2, 0.25) is 0 Å². The lowest BCUT2D eigenvalue weighted by atomic mass is 9.85. The molecule has 252 valence electrons. The number of carbonyl (C=O) groups excluding carboxylic acids is 2. The number of likely N-dealkylation sites (tertiary alicyclic amines) is 1. The molecule has 4 aromatic rings. The summed E-state index contributed by atoms with van der Waals surface area (Å²) in [5, 5.41) is 16.8. The zero-order valence-electron chi connectivity index (χ0n) is 27.9. The number of hydrogen-bond acceptors (Lipinski definition) is 9. The van der Waals surface area contributed by atoms with Crippen LogP contribution >= 0.6 is 0 Å². The van der Waals surface area contributed by atoms with Crippen LogP contribution in [0, 0.1) is 10.8 Å². The highest BCUT2D eigenvalue weighted by Crippen LogP contribution is 2.43. The summed E-state index contributed by atoms with van der Waals surface area (Å²) in [6, 6.07) is 17.2. The molecule has 49 heavy (non-hydrogen) atoms. The van der Waals surface area contributed by atoms with Gasteiger partial charge in [0.1, 0.15) is 0 Å². The molecule has 2 fully saturated rings. The van der Waals surface area contributed by atoms with Gasteiger partial charge in [-0.15, -0.1) is 5.10 Å². The van der Waals surface area contributed by atoms with Gasteiger partial charge in [0, 0.05) is 60.9 Å². The van der Waals surface area contributed by atoms with Crippen LogP contribution in [-0.2, 0) is 9.59 Å². The first kappa shape index (κ1) is 32.2. The predicted octanol–water partition coefficient (Wildman–Crippen LogP) is 4.19. The number of nitrogens with two attached hydrogens (primary N) is 1. The number of aromatic nitrogens is 4. The molecule has 1 spiro atoms. The SMILES string of the molecule is CC(C)Oc1ccc(C(=N)c2cc(N3CC[C@]4(CCN(CC(=O)N5CC=C(c6ccc(-n7ccnn7)cc6)CC5)C4)C3=O)ccc2N)cn1. The Morgan fingerprint density at radius 1 is 1.04 bits per heavy atom. The average Bonchev–Trinajstić information content (AvgIpc) is 3.87. The van der Waals surface area contributed by atoms with E-state index in [-0.39, 0.29) is 23.6 Å². The minimum atomic E-state index is -0.515. The molecule has 0 radical (unpaired) electrons. The Labute approximate surface area is 285 Å². The third kappa shape index (κ3) is 6.56. The molecule has 0 bridgehead atoms. The summed E-state index contributed by atoms with van der Waals surface area (Å²) in [6.45, 7) is 7.27. The van der Waals surface area contributed by atoms with Gasteiger partial charge in [-0.05, 0) is 87.2 Å². The van der Waals surface area contributed by atoms with Crippen molar-refractivity contribution in [2.75, 3.05) is 49.9 Å². The van der Waals surface area contributed by atoms with Gasteiger partial charge in [-0.2, -0.15) is 0 Å². The standard InChI is InChI=1S/C37H41N9O3/c1-25(2)49-33-10-5-28(22-40-33)35(39)31-21-30(8-9-32(31)38)45-19-14-37(36(45)48)13-18-43(24-37)23-34(47)44-16-11-27(12-17-44)26-3-6-29(7-4-26)46-20-15-41-42-46/h3-11,15,20-22,25,39H,12-14,16-19,23-24,38H2,1-2H3/t37-/m0/s1. The summed E-state index contributed by atoms with van der Waals surface area (Å²) in [6.07, 6.45) is 9.45. The van der Waals surface area contributed by atoms with Gasteiger partial charge in [-0.25, -0.2) is 9.67 Å².